The smallest absolute Gasteiger partial charge is 0.131 e. The lowest BCUT2D eigenvalue weighted by Crippen LogP contribution is -2.04. The number of benzene rings is 1. The molecule has 0 fully saturated rings. The monoisotopic (exact) mass is 241 g/mol. The van der Waals surface area contributed by atoms with Gasteiger partial charge in [0.1, 0.15) is 11.5 Å². The molecule has 0 aliphatic carbocycles. The molecule has 3 N–H and O–H groups in total. The number of hydrogen-bond acceptors (Lipinski definition) is 4. The number of anilines is 1. The van der Waals surface area contributed by atoms with Crippen molar-refractivity contribution >= 4 is 11.4 Å². The summed E-state index contributed by atoms with van der Waals surface area (Å²) in [6.07, 6.45) is 1.69. The number of pyridine rings is 1. The summed E-state index contributed by atoms with van der Waals surface area (Å²) in [6, 6.07) is 10.9. The maximum atomic E-state index is 5.70. The van der Waals surface area contributed by atoms with E-state index in [-0.39, 0.29) is 0 Å². The molecule has 0 bridgehead atoms. The average molecular weight is 241 g/mol. The van der Waals surface area contributed by atoms with Crippen molar-refractivity contribution in [2.75, 3.05) is 12.8 Å². The molecule has 4 nitrogen and oxygen atoms in total. The Kier molecular flexibility index (Phi) is 3.48. The van der Waals surface area contributed by atoms with Gasteiger partial charge >= 0.3 is 0 Å². The van der Waals surface area contributed by atoms with Crippen molar-refractivity contribution in [1.82, 2.24) is 10.3 Å². The highest BCUT2D eigenvalue weighted by Gasteiger charge is 2.02. The zero-order valence-corrected chi connectivity index (χ0v) is 10.2. The standard InChI is InChI=1S/C14H15N3O/c1-10(16-2)14-9-13(7-8-17-14)18-12-5-3-11(15)4-6-12/h3-9,16H,1,15H2,2H3. The second-order valence-corrected chi connectivity index (χ2v) is 3.78. The van der Waals surface area contributed by atoms with Gasteiger partial charge in [0, 0.05) is 25.0 Å². The first kappa shape index (κ1) is 12.0. The second kappa shape index (κ2) is 5.23. The number of nitrogens with zero attached hydrogens (tertiary/aromatic N) is 1. The zero-order valence-electron chi connectivity index (χ0n) is 10.2. The lowest BCUT2D eigenvalue weighted by atomic mass is 10.3. The van der Waals surface area contributed by atoms with Crippen LogP contribution in [0.25, 0.3) is 5.70 Å². The number of nitrogen functional groups attached to an aromatic ring is 1. The highest BCUT2D eigenvalue weighted by molar-refractivity contribution is 5.59. The summed E-state index contributed by atoms with van der Waals surface area (Å²) in [7, 11) is 1.80. The van der Waals surface area contributed by atoms with Crippen molar-refractivity contribution in [3.05, 3.63) is 54.9 Å². The van der Waals surface area contributed by atoms with E-state index in [0.717, 1.165) is 17.1 Å². The summed E-state index contributed by atoms with van der Waals surface area (Å²) in [5, 5.41) is 2.95. The number of aromatic nitrogens is 1. The molecule has 0 spiro atoms. The number of rotatable bonds is 4. The van der Waals surface area contributed by atoms with E-state index in [4.69, 9.17) is 10.5 Å². The minimum absolute atomic E-state index is 0.709. The van der Waals surface area contributed by atoms with Gasteiger partial charge in [-0.25, -0.2) is 0 Å². The van der Waals surface area contributed by atoms with E-state index in [9.17, 15) is 0 Å². The Morgan fingerprint density at radius 3 is 2.61 bits per heavy atom. The first-order valence-corrected chi connectivity index (χ1v) is 5.55. The summed E-state index contributed by atoms with van der Waals surface area (Å²) in [5.74, 6) is 1.44. The summed E-state index contributed by atoms with van der Waals surface area (Å²) in [6.45, 7) is 3.86. The van der Waals surface area contributed by atoms with E-state index >= 15 is 0 Å². The van der Waals surface area contributed by atoms with E-state index in [0.29, 0.717) is 11.4 Å². The molecular weight excluding hydrogens is 226 g/mol. The average Bonchev–Trinajstić information content (AvgIpc) is 2.41. The van der Waals surface area contributed by atoms with Crippen LogP contribution in [0.1, 0.15) is 5.69 Å². The molecule has 0 aliphatic rings. The van der Waals surface area contributed by atoms with Gasteiger partial charge in [0.05, 0.1) is 11.4 Å². The topological polar surface area (TPSA) is 60.2 Å². The molecule has 1 aromatic carbocycles. The zero-order chi connectivity index (χ0) is 13.0. The van der Waals surface area contributed by atoms with Crippen LogP contribution < -0.4 is 15.8 Å². The van der Waals surface area contributed by atoms with Crippen LogP contribution in [0, 0.1) is 0 Å². The van der Waals surface area contributed by atoms with Gasteiger partial charge in [-0.2, -0.15) is 0 Å². The van der Waals surface area contributed by atoms with Gasteiger partial charge in [0.2, 0.25) is 0 Å². The van der Waals surface area contributed by atoms with Crippen LogP contribution in [0.15, 0.2) is 49.2 Å². The third-order valence-electron chi connectivity index (χ3n) is 2.46. The van der Waals surface area contributed by atoms with Crippen LogP contribution in [-0.4, -0.2) is 12.0 Å². The van der Waals surface area contributed by atoms with Crippen molar-refractivity contribution in [3.8, 4) is 11.5 Å². The van der Waals surface area contributed by atoms with E-state index in [1.807, 2.05) is 18.2 Å². The van der Waals surface area contributed by atoms with Gasteiger partial charge in [-0.3, -0.25) is 4.98 Å². The van der Waals surface area contributed by atoms with Crippen LogP contribution in [0.2, 0.25) is 0 Å². The van der Waals surface area contributed by atoms with Gasteiger partial charge in [0.15, 0.2) is 0 Å². The van der Waals surface area contributed by atoms with Crippen LogP contribution in [0.4, 0.5) is 5.69 Å². The molecule has 0 amide bonds. The minimum Gasteiger partial charge on any atom is -0.457 e. The summed E-state index contributed by atoms with van der Waals surface area (Å²) >= 11 is 0. The predicted molar refractivity (Wildman–Crippen MR) is 73.3 cm³/mol. The Labute approximate surface area is 106 Å². The fraction of sp³-hybridized carbons (Fsp3) is 0.0714. The van der Waals surface area contributed by atoms with Crippen LogP contribution >= 0.6 is 0 Å². The van der Waals surface area contributed by atoms with Crippen molar-refractivity contribution in [2.24, 2.45) is 0 Å². The molecular formula is C14H15N3O. The molecule has 0 radical (unpaired) electrons. The maximum Gasteiger partial charge on any atom is 0.131 e. The SMILES string of the molecule is C=C(NC)c1cc(Oc2ccc(N)cc2)ccn1. The molecule has 0 atom stereocenters. The molecule has 92 valence electrons. The molecule has 0 unspecified atom stereocenters. The van der Waals surface area contributed by atoms with E-state index in [1.165, 1.54) is 0 Å². The Morgan fingerprint density at radius 1 is 1.22 bits per heavy atom. The molecule has 0 aliphatic heterocycles. The Balaban J connectivity index is 2.19. The quantitative estimate of drug-likeness (QED) is 0.808. The maximum absolute atomic E-state index is 5.70. The highest BCUT2D eigenvalue weighted by Crippen LogP contribution is 2.23. The van der Waals surface area contributed by atoms with Crippen LogP contribution in [0.5, 0.6) is 11.5 Å². The molecule has 4 heteroatoms. The minimum atomic E-state index is 0.709. The number of hydrogen-bond donors (Lipinski definition) is 2. The van der Waals surface area contributed by atoms with Crippen molar-refractivity contribution in [3.63, 3.8) is 0 Å². The van der Waals surface area contributed by atoms with E-state index in [1.54, 1.807) is 31.4 Å². The third kappa shape index (κ3) is 2.79. The third-order valence-corrected chi connectivity index (χ3v) is 2.46. The Morgan fingerprint density at radius 2 is 1.94 bits per heavy atom. The fourth-order valence-corrected chi connectivity index (χ4v) is 1.44. The van der Waals surface area contributed by atoms with Gasteiger partial charge < -0.3 is 15.8 Å². The summed E-state index contributed by atoms with van der Waals surface area (Å²) < 4.78 is 5.70. The van der Waals surface area contributed by atoms with E-state index in [2.05, 4.69) is 16.9 Å². The molecule has 1 heterocycles. The summed E-state index contributed by atoms with van der Waals surface area (Å²) in [4.78, 5) is 4.20. The molecule has 1 aromatic heterocycles. The van der Waals surface area contributed by atoms with Crippen molar-refractivity contribution in [1.29, 1.82) is 0 Å². The van der Waals surface area contributed by atoms with Crippen molar-refractivity contribution in [2.45, 2.75) is 0 Å². The largest absolute Gasteiger partial charge is 0.457 e. The van der Waals surface area contributed by atoms with Gasteiger partial charge in [0.25, 0.3) is 0 Å². The second-order valence-electron chi connectivity index (χ2n) is 3.78. The Bertz CT molecular complexity index is 549. The van der Waals surface area contributed by atoms with Gasteiger partial charge in [-0.05, 0) is 30.3 Å². The molecule has 0 saturated carbocycles. The van der Waals surface area contributed by atoms with Crippen molar-refractivity contribution < 1.29 is 4.74 Å². The molecule has 2 aromatic rings. The Hall–Kier alpha value is -2.49. The molecule has 18 heavy (non-hydrogen) atoms. The first-order valence-electron chi connectivity index (χ1n) is 5.55. The van der Waals surface area contributed by atoms with Gasteiger partial charge in [-0.15, -0.1) is 0 Å². The van der Waals surface area contributed by atoms with Gasteiger partial charge in [-0.1, -0.05) is 6.58 Å². The number of nitrogens with one attached hydrogen (secondary N) is 1. The van der Waals surface area contributed by atoms with Crippen LogP contribution in [0.3, 0.4) is 0 Å². The van der Waals surface area contributed by atoms with Crippen LogP contribution in [-0.2, 0) is 0 Å². The molecule has 2 rings (SSSR count). The number of ether oxygens (including phenoxy) is 1. The normalized spacial score (nSPS) is 9.83. The molecule has 0 saturated heterocycles. The lowest BCUT2D eigenvalue weighted by molar-refractivity contribution is 0.482. The number of nitrogens with two attached hydrogens (primary N) is 1. The first-order chi connectivity index (χ1) is 8.69. The highest BCUT2D eigenvalue weighted by atomic mass is 16.5. The summed E-state index contributed by atoms with van der Waals surface area (Å²) in [5.41, 5.74) is 7.83. The van der Waals surface area contributed by atoms with E-state index < -0.39 is 0 Å². The fourth-order valence-electron chi connectivity index (χ4n) is 1.44. The lowest BCUT2D eigenvalue weighted by Gasteiger charge is -2.08. The predicted octanol–water partition coefficient (Wildman–Crippen LogP) is 2.65.